The van der Waals surface area contributed by atoms with Gasteiger partial charge in [-0.2, -0.15) is 0 Å². The zero-order chi connectivity index (χ0) is 12.3. The smallest absolute Gasteiger partial charge is 0.227 e. The summed E-state index contributed by atoms with van der Waals surface area (Å²) in [6.45, 7) is 1.56. The summed E-state index contributed by atoms with van der Waals surface area (Å²) < 4.78 is 5.28. The third-order valence-electron chi connectivity index (χ3n) is 3.40. The van der Waals surface area contributed by atoms with Gasteiger partial charge >= 0.3 is 0 Å². The molecule has 96 valence electrons. The molecule has 2 aliphatic heterocycles. The number of nitrogens with one attached hydrogen (secondary N) is 3. The normalized spacial score (nSPS) is 32.5. The van der Waals surface area contributed by atoms with Gasteiger partial charge in [-0.05, 0) is 13.5 Å². The van der Waals surface area contributed by atoms with Gasteiger partial charge in [-0.25, -0.2) is 0 Å². The Kier molecular flexibility index (Phi) is 3.96. The Hall–Kier alpha value is -1.14. The SMILES string of the molecule is CNC1COCC1C(=O)NCC1CCC(=O)N1. The molecule has 0 aromatic rings. The third-order valence-corrected chi connectivity index (χ3v) is 3.40. The van der Waals surface area contributed by atoms with Gasteiger partial charge in [0.15, 0.2) is 0 Å². The van der Waals surface area contributed by atoms with Gasteiger partial charge in [0.1, 0.15) is 0 Å². The van der Waals surface area contributed by atoms with Crippen LogP contribution in [-0.2, 0) is 14.3 Å². The van der Waals surface area contributed by atoms with Crippen LogP contribution in [0.25, 0.3) is 0 Å². The zero-order valence-corrected chi connectivity index (χ0v) is 9.99. The van der Waals surface area contributed by atoms with Crippen LogP contribution in [0.2, 0.25) is 0 Å². The van der Waals surface area contributed by atoms with Crippen LogP contribution < -0.4 is 16.0 Å². The molecule has 0 spiro atoms. The quantitative estimate of drug-likeness (QED) is 0.566. The highest BCUT2D eigenvalue weighted by molar-refractivity contribution is 5.81. The van der Waals surface area contributed by atoms with Gasteiger partial charge in [0.05, 0.1) is 19.1 Å². The first-order chi connectivity index (χ1) is 8.20. The number of carbonyl (C=O) groups is 2. The van der Waals surface area contributed by atoms with Crippen LogP contribution in [0.1, 0.15) is 12.8 Å². The molecule has 0 radical (unpaired) electrons. The Morgan fingerprint density at radius 3 is 3.00 bits per heavy atom. The van der Waals surface area contributed by atoms with Crippen molar-refractivity contribution in [3.05, 3.63) is 0 Å². The lowest BCUT2D eigenvalue weighted by Crippen LogP contribution is -2.46. The Labute approximate surface area is 100 Å². The van der Waals surface area contributed by atoms with Gasteiger partial charge in [-0.3, -0.25) is 9.59 Å². The standard InChI is InChI=1S/C11H19N3O3/c1-12-9-6-17-5-8(9)11(16)13-4-7-2-3-10(15)14-7/h7-9,12H,2-6H2,1H3,(H,13,16)(H,14,15). The zero-order valence-electron chi connectivity index (χ0n) is 9.99. The minimum Gasteiger partial charge on any atom is -0.379 e. The van der Waals surface area contributed by atoms with Gasteiger partial charge in [-0.15, -0.1) is 0 Å². The summed E-state index contributed by atoms with van der Waals surface area (Å²) >= 11 is 0. The van der Waals surface area contributed by atoms with Crippen LogP contribution >= 0.6 is 0 Å². The van der Waals surface area contributed by atoms with Crippen molar-refractivity contribution in [2.75, 3.05) is 26.8 Å². The fourth-order valence-corrected chi connectivity index (χ4v) is 2.28. The maximum atomic E-state index is 11.9. The summed E-state index contributed by atoms with van der Waals surface area (Å²) in [6.07, 6.45) is 1.36. The number of likely N-dealkylation sites (N-methyl/N-ethyl adjacent to an activating group) is 1. The highest BCUT2D eigenvalue weighted by atomic mass is 16.5. The molecule has 2 fully saturated rings. The molecule has 17 heavy (non-hydrogen) atoms. The van der Waals surface area contributed by atoms with Crippen LogP contribution in [0.15, 0.2) is 0 Å². The molecule has 6 nitrogen and oxygen atoms in total. The van der Waals surface area contributed by atoms with Crippen molar-refractivity contribution < 1.29 is 14.3 Å². The molecule has 0 aromatic carbocycles. The lowest BCUT2D eigenvalue weighted by atomic mass is 10.0. The van der Waals surface area contributed by atoms with E-state index in [2.05, 4.69) is 16.0 Å². The molecule has 6 heteroatoms. The Balaban J connectivity index is 1.75. The average Bonchev–Trinajstić information content (AvgIpc) is 2.94. The van der Waals surface area contributed by atoms with Crippen molar-refractivity contribution >= 4 is 11.8 Å². The highest BCUT2D eigenvalue weighted by Crippen LogP contribution is 2.13. The summed E-state index contributed by atoms with van der Waals surface area (Å²) in [4.78, 5) is 22.9. The molecule has 3 unspecified atom stereocenters. The molecule has 2 amide bonds. The summed E-state index contributed by atoms with van der Waals surface area (Å²) in [6, 6.07) is 0.176. The lowest BCUT2D eigenvalue weighted by Gasteiger charge is -2.18. The van der Waals surface area contributed by atoms with Crippen molar-refractivity contribution in [1.29, 1.82) is 0 Å². The summed E-state index contributed by atoms with van der Waals surface area (Å²) in [5.41, 5.74) is 0. The topological polar surface area (TPSA) is 79.5 Å². The van der Waals surface area contributed by atoms with E-state index in [1.165, 1.54) is 0 Å². The van der Waals surface area contributed by atoms with Crippen LogP contribution in [0, 0.1) is 5.92 Å². The lowest BCUT2D eigenvalue weighted by molar-refractivity contribution is -0.125. The molecule has 3 atom stereocenters. The van der Waals surface area contributed by atoms with E-state index >= 15 is 0 Å². The molecular weight excluding hydrogens is 222 g/mol. The van der Waals surface area contributed by atoms with E-state index in [0.717, 1.165) is 6.42 Å². The number of hydrogen-bond donors (Lipinski definition) is 3. The molecule has 0 bridgehead atoms. The first kappa shape index (κ1) is 12.3. The van der Waals surface area contributed by atoms with Crippen molar-refractivity contribution in [2.45, 2.75) is 24.9 Å². The molecule has 2 aliphatic rings. The van der Waals surface area contributed by atoms with Crippen LogP contribution in [0.3, 0.4) is 0 Å². The largest absolute Gasteiger partial charge is 0.379 e. The van der Waals surface area contributed by atoms with Gasteiger partial charge in [0.25, 0.3) is 0 Å². The van der Waals surface area contributed by atoms with Gasteiger partial charge in [0, 0.05) is 25.0 Å². The predicted octanol–water partition coefficient (Wildman–Crippen LogP) is -1.38. The van der Waals surface area contributed by atoms with Crippen LogP contribution in [0.5, 0.6) is 0 Å². The number of ether oxygens (including phenoxy) is 1. The monoisotopic (exact) mass is 241 g/mol. The molecule has 3 N–H and O–H groups in total. The van der Waals surface area contributed by atoms with Crippen molar-refractivity contribution in [3.63, 3.8) is 0 Å². The minimum absolute atomic E-state index is 0.00278. The third kappa shape index (κ3) is 2.95. The van der Waals surface area contributed by atoms with E-state index in [0.29, 0.717) is 26.2 Å². The Morgan fingerprint density at radius 1 is 1.53 bits per heavy atom. The fourth-order valence-electron chi connectivity index (χ4n) is 2.28. The first-order valence-corrected chi connectivity index (χ1v) is 6.03. The van der Waals surface area contributed by atoms with Gasteiger partial charge in [0.2, 0.25) is 11.8 Å². The second kappa shape index (κ2) is 5.46. The maximum Gasteiger partial charge on any atom is 0.227 e. The number of rotatable bonds is 4. The van der Waals surface area contributed by atoms with Crippen LogP contribution in [-0.4, -0.2) is 50.7 Å². The van der Waals surface area contributed by atoms with Crippen LogP contribution in [0.4, 0.5) is 0 Å². The fraction of sp³-hybridized carbons (Fsp3) is 0.818. The molecule has 2 saturated heterocycles. The summed E-state index contributed by atoms with van der Waals surface area (Å²) in [7, 11) is 1.83. The average molecular weight is 241 g/mol. The van der Waals surface area contributed by atoms with Gasteiger partial charge in [-0.1, -0.05) is 0 Å². The van der Waals surface area contributed by atoms with E-state index in [4.69, 9.17) is 4.74 Å². The van der Waals surface area contributed by atoms with E-state index in [1.807, 2.05) is 7.05 Å². The predicted molar refractivity (Wildman–Crippen MR) is 61.3 cm³/mol. The number of amides is 2. The van der Waals surface area contributed by atoms with Gasteiger partial charge < -0.3 is 20.7 Å². The van der Waals surface area contributed by atoms with E-state index < -0.39 is 0 Å². The van der Waals surface area contributed by atoms with E-state index in [-0.39, 0.29) is 29.8 Å². The van der Waals surface area contributed by atoms with Crippen molar-refractivity contribution in [3.8, 4) is 0 Å². The minimum atomic E-state index is -0.128. The molecule has 2 rings (SSSR count). The van der Waals surface area contributed by atoms with Crippen molar-refractivity contribution in [1.82, 2.24) is 16.0 Å². The molecule has 0 aromatic heterocycles. The summed E-state index contributed by atoms with van der Waals surface area (Å²) in [5.74, 6) is -0.0540. The number of hydrogen-bond acceptors (Lipinski definition) is 4. The number of carbonyl (C=O) groups excluding carboxylic acids is 2. The summed E-state index contributed by atoms with van der Waals surface area (Å²) in [5, 5.41) is 8.78. The molecule has 0 saturated carbocycles. The van der Waals surface area contributed by atoms with E-state index in [9.17, 15) is 9.59 Å². The molecule has 0 aliphatic carbocycles. The second-order valence-corrected chi connectivity index (χ2v) is 4.59. The van der Waals surface area contributed by atoms with E-state index in [1.54, 1.807) is 0 Å². The highest BCUT2D eigenvalue weighted by Gasteiger charge is 2.33. The maximum absolute atomic E-state index is 11.9. The first-order valence-electron chi connectivity index (χ1n) is 6.03. The van der Waals surface area contributed by atoms with Crippen molar-refractivity contribution in [2.24, 2.45) is 5.92 Å². The Morgan fingerprint density at radius 2 is 2.35 bits per heavy atom. The molecular formula is C11H19N3O3. The molecule has 2 heterocycles. The Bertz CT molecular complexity index is 308. The second-order valence-electron chi connectivity index (χ2n) is 4.59.